The maximum atomic E-state index is 12.4. The molecular weight excluding hydrogens is 274 g/mol. The van der Waals surface area contributed by atoms with E-state index < -0.39 is 0 Å². The molecule has 0 bridgehead atoms. The number of carbonyl (C=O) groups excluding carboxylic acids is 1. The second kappa shape index (κ2) is 5.44. The lowest BCUT2D eigenvalue weighted by molar-refractivity contribution is 0.0793. The molecule has 4 nitrogen and oxygen atoms in total. The van der Waals surface area contributed by atoms with Crippen molar-refractivity contribution in [1.29, 1.82) is 0 Å². The van der Waals surface area contributed by atoms with Crippen molar-refractivity contribution in [1.82, 2.24) is 9.88 Å². The topological polar surface area (TPSA) is 45.2 Å². The van der Waals surface area contributed by atoms with Crippen LogP contribution in [-0.4, -0.2) is 35.4 Å². The smallest absolute Gasteiger partial charge is 0.253 e. The van der Waals surface area contributed by atoms with E-state index in [1.54, 1.807) is 0 Å². The second-order valence-corrected chi connectivity index (χ2v) is 5.99. The van der Waals surface area contributed by atoms with E-state index in [4.69, 9.17) is 0 Å². The van der Waals surface area contributed by atoms with Crippen molar-refractivity contribution in [2.45, 2.75) is 19.3 Å². The minimum Gasteiger partial charge on any atom is -0.370 e. The number of rotatable bonds is 2. The van der Waals surface area contributed by atoms with Gasteiger partial charge in [0.05, 0.1) is 0 Å². The Labute approximate surface area is 130 Å². The third-order valence-electron chi connectivity index (χ3n) is 4.51. The average Bonchev–Trinajstić information content (AvgIpc) is 3.25. The predicted octanol–water partition coefficient (Wildman–Crippen LogP) is 2.95. The minimum absolute atomic E-state index is 0.153. The van der Waals surface area contributed by atoms with Gasteiger partial charge in [-0.05, 0) is 48.6 Å². The lowest BCUT2D eigenvalue weighted by Crippen LogP contribution is -2.27. The number of fused-ring (bicyclic) bond motifs is 1. The molecule has 2 aliphatic heterocycles. The molecule has 1 fully saturated rings. The minimum atomic E-state index is 0.153. The van der Waals surface area contributed by atoms with E-state index in [0.29, 0.717) is 0 Å². The van der Waals surface area contributed by atoms with Gasteiger partial charge in [-0.2, -0.15) is 0 Å². The van der Waals surface area contributed by atoms with E-state index in [0.717, 1.165) is 61.4 Å². The number of anilines is 1. The fraction of sp³-hybridized carbons (Fsp3) is 0.333. The maximum absolute atomic E-state index is 12.4. The molecule has 0 unspecified atom stereocenters. The van der Waals surface area contributed by atoms with Crippen molar-refractivity contribution >= 4 is 11.7 Å². The van der Waals surface area contributed by atoms with Crippen LogP contribution >= 0.6 is 0 Å². The Hall–Kier alpha value is -2.36. The van der Waals surface area contributed by atoms with E-state index in [1.165, 1.54) is 5.56 Å². The highest BCUT2D eigenvalue weighted by atomic mass is 16.2. The summed E-state index contributed by atoms with van der Waals surface area (Å²) in [6.45, 7) is 2.75. The Bertz CT molecular complexity index is 703. The van der Waals surface area contributed by atoms with Crippen LogP contribution in [0.15, 0.2) is 36.5 Å². The second-order valence-electron chi connectivity index (χ2n) is 5.99. The van der Waals surface area contributed by atoms with Crippen LogP contribution in [0, 0.1) is 0 Å². The summed E-state index contributed by atoms with van der Waals surface area (Å²) in [5.41, 5.74) is 4.28. The van der Waals surface area contributed by atoms with Crippen LogP contribution in [0.25, 0.3) is 11.1 Å². The Morgan fingerprint density at radius 3 is 2.64 bits per heavy atom. The number of pyridine rings is 1. The van der Waals surface area contributed by atoms with Gasteiger partial charge in [-0.3, -0.25) is 4.79 Å². The molecule has 1 aromatic heterocycles. The van der Waals surface area contributed by atoms with Crippen molar-refractivity contribution in [3.05, 3.63) is 47.7 Å². The van der Waals surface area contributed by atoms with E-state index in [2.05, 4.69) is 16.4 Å². The molecule has 2 aromatic rings. The van der Waals surface area contributed by atoms with E-state index in [-0.39, 0.29) is 5.91 Å². The van der Waals surface area contributed by atoms with Gasteiger partial charge >= 0.3 is 0 Å². The van der Waals surface area contributed by atoms with Crippen LogP contribution in [0.2, 0.25) is 0 Å². The quantitative estimate of drug-likeness (QED) is 0.926. The van der Waals surface area contributed by atoms with Gasteiger partial charge in [0.15, 0.2) is 0 Å². The number of carbonyl (C=O) groups is 1. The van der Waals surface area contributed by atoms with Gasteiger partial charge in [-0.1, -0.05) is 12.1 Å². The monoisotopic (exact) mass is 293 g/mol. The zero-order chi connectivity index (χ0) is 14.9. The summed E-state index contributed by atoms with van der Waals surface area (Å²) in [6.07, 6.45) is 5.17. The molecule has 1 amide bonds. The first-order chi connectivity index (χ1) is 10.8. The molecule has 112 valence electrons. The van der Waals surface area contributed by atoms with Crippen LogP contribution in [-0.2, 0) is 6.42 Å². The van der Waals surface area contributed by atoms with Crippen molar-refractivity contribution in [2.75, 3.05) is 25.0 Å². The molecule has 3 heterocycles. The molecule has 0 saturated carbocycles. The van der Waals surface area contributed by atoms with E-state index in [9.17, 15) is 4.79 Å². The van der Waals surface area contributed by atoms with Crippen LogP contribution in [0.4, 0.5) is 5.82 Å². The van der Waals surface area contributed by atoms with Crippen LogP contribution in [0.1, 0.15) is 28.8 Å². The number of hydrogen-bond donors (Lipinski definition) is 1. The van der Waals surface area contributed by atoms with Crippen molar-refractivity contribution < 1.29 is 4.79 Å². The highest BCUT2D eigenvalue weighted by Gasteiger charge is 2.19. The first kappa shape index (κ1) is 13.3. The Morgan fingerprint density at radius 1 is 1.09 bits per heavy atom. The largest absolute Gasteiger partial charge is 0.370 e. The zero-order valence-corrected chi connectivity index (χ0v) is 12.5. The highest BCUT2D eigenvalue weighted by molar-refractivity contribution is 5.94. The molecule has 2 aliphatic rings. The van der Waals surface area contributed by atoms with E-state index >= 15 is 0 Å². The summed E-state index contributed by atoms with van der Waals surface area (Å²) < 4.78 is 0. The molecule has 1 saturated heterocycles. The summed E-state index contributed by atoms with van der Waals surface area (Å²) in [6, 6.07) is 10.1. The van der Waals surface area contributed by atoms with Gasteiger partial charge in [-0.15, -0.1) is 0 Å². The molecule has 22 heavy (non-hydrogen) atoms. The summed E-state index contributed by atoms with van der Waals surface area (Å²) in [5.74, 6) is 1.16. The first-order valence-corrected chi connectivity index (χ1v) is 7.94. The fourth-order valence-electron chi connectivity index (χ4n) is 3.24. The Morgan fingerprint density at radius 2 is 1.86 bits per heavy atom. The van der Waals surface area contributed by atoms with Gasteiger partial charge in [0.25, 0.3) is 5.91 Å². The summed E-state index contributed by atoms with van der Waals surface area (Å²) in [4.78, 5) is 18.8. The lowest BCUT2D eigenvalue weighted by Gasteiger charge is -2.15. The third-order valence-corrected chi connectivity index (χ3v) is 4.51. The fourth-order valence-corrected chi connectivity index (χ4v) is 3.24. The SMILES string of the molecule is O=C(c1ccc(-c2cnc3c(c2)CCN3)cc1)N1CCCC1. The third kappa shape index (κ3) is 2.34. The number of aromatic nitrogens is 1. The van der Waals surface area contributed by atoms with Gasteiger partial charge in [-0.25, -0.2) is 4.98 Å². The molecule has 0 aliphatic carbocycles. The van der Waals surface area contributed by atoms with Crippen LogP contribution < -0.4 is 5.32 Å². The molecule has 4 rings (SSSR count). The predicted molar refractivity (Wildman–Crippen MR) is 87.0 cm³/mol. The lowest BCUT2D eigenvalue weighted by atomic mass is 10.0. The van der Waals surface area contributed by atoms with Crippen LogP contribution in [0.3, 0.4) is 0 Å². The normalized spacial score (nSPS) is 16.5. The molecule has 1 aromatic carbocycles. The standard InChI is InChI=1S/C18H19N3O/c22-18(21-9-1-2-10-21)14-5-3-13(4-6-14)16-11-15-7-8-19-17(15)20-12-16/h3-6,11-12H,1-2,7-10H2,(H,19,20). The zero-order valence-electron chi connectivity index (χ0n) is 12.5. The van der Waals surface area contributed by atoms with Gasteiger partial charge in [0, 0.05) is 37.0 Å². The first-order valence-electron chi connectivity index (χ1n) is 7.94. The van der Waals surface area contributed by atoms with Crippen molar-refractivity contribution in [2.24, 2.45) is 0 Å². The van der Waals surface area contributed by atoms with Crippen molar-refractivity contribution in [3.63, 3.8) is 0 Å². The number of nitrogens with zero attached hydrogens (tertiary/aromatic N) is 2. The maximum Gasteiger partial charge on any atom is 0.253 e. The molecule has 1 N–H and O–H groups in total. The molecule has 0 spiro atoms. The Kier molecular flexibility index (Phi) is 3.29. The molecular formula is C18H19N3O. The highest BCUT2D eigenvalue weighted by Crippen LogP contribution is 2.26. The van der Waals surface area contributed by atoms with E-state index in [1.807, 2.05) is 35.4 Å². The number of nitrogens with one attached hydrogen (secondary N) is 1. The van der Waals surface area contributed by atoms with Crippen LogP contribution in [0.5, 0.6) is 0 Å². The van der Waals surface area contributed by atoms with Crippen molar-refractivity contribution in [3.8, 4) is 11.1 Å². The number of hydrogen-bond acceptors (Lipinski definition) is 3. The summed E-state index contributed by atoms with van der Waals surface area (Å²) in [5, 5.41) is 3.27. The number of benzene rings is 1. The summed E-state index contributed by atoms with van der Waals surface area (Å²) >= 11 is 0. The number of amides is 1. The summed E-state index contributed by atoms with van der Waals surface area (Å²) in [7, 11) is 0. The van der Waals surface area contributed by atoms with Gasteiger partial charge in [0.2, 0.25) is 0 Å². The number of likely N-dealkylation sites (tertiary alicyclic amines) is 1. The Balaban J connectivity index is 1.57. The van der Waals surface area contributed by atoms with Gasteiger partial charge < -0.3 is 10.2 Å². The molecule has 0 radical (unpaired) electrons. The van der Waals surface area contributed by atoms with Gasteiger partial charge in [0.1, 0.15) is 5.82 Å². The average molecular weight is 293 g/mol. The molecule has 4 heteroatoms. The molecule has 0 atom stereocenters.